The van der Waals surface area contributed by atoms with Crippen molar-refractivity contribution in [2.45, 2.75) is 59.2 Å². The van der Waals surface area contributed by atoms with Crippen molar-refractivity contribution in [3.05, 3.63) is 35.4 Å². The van der Waals surface area contributed by atoms with Crippen LogP contribution < -0.4 is 10.2 Å². The first-order chi connectivity index (χ1) is 11.8. The summed E-state index contributed by atoms with van der Waals surface area (Å²) in [7, 11) is 3.66. The van der Waals surface area contributed by atoms with Gasteiger partial charge in [0.25, 0.3) is 11.8 Å². The number of nitrogens with zero attached hydrogens (tertiary/aromatic N) is 1. The van der Waals surface area contributed by atoms with E-state index in [-0.39, 0.29) is 23.9 Å². The molecule has 0 aromatic heterocycles. The summed E-state index contributed by atoms with van der Waals surface area (Å²) in [6.45, 7) is 9.73. The van der Waals surface area contributed by atoms with Crippen molar-refractivity contribution in [1.82, 2.24) is 10.2 Å². The van der Waals surface area contributed by atoms with Crippen molar-refractivity contribution in [2.75, 3.05) is 20.6 Å². The van der Waals surface area contributed by atoms with E-state index in [9.17, 15) is 9.59 Å². The van der Waals surface area contributed by atoms with Crippen LogP contribution in [0.1, 0.15) is 56.5 Å². The lowest BCUT2D eigenvalue weighted by Crippen LogP contribution is -3.09. The van der Waals surface area contributed by atoms with Crippen LogP contribution in [0.5, 0.6) is 0 Å². The molecule has 0 radical (unpaired) electrons. The third-order valence-electron chi connectivity index (χ3n) is 4.82. The fraction of sp³-hybridized carbons (Fsp3) is 0.600. The van der Waals surface area contributed by atoms with E-state index in [1.54, 1.807) is 7.05 Å². The van der Waals surface area contributed by atoms with E-state index in [0.29, 0.717) is 12.1 Å². The minimum atomic E-state index is -0.0832. The predicted molar refractivity (Wildman–Crippen MR) is 102 cm³/mol. The van der Waals surface area contributed by atoms with Crippen molar-refractivity contribution in [2.24, 2.45) is 0 Å². The number of amides is 2. The Morgan fingerprint density at radius 3 is 2.04 bits per heavy atom. The van der Waals surface area contributed by atoms with Gasteiger partial charge < -0.3 is 15.1 Å². The first-order valence-corrected chi connectivity index (χ1v) is 9.27. The van der Waals surface area contributed by atoms with Gasteiger partial charge in [-0.3, -0.25) is 9.59 Å². The molecule has 5 heteroatoms. The van der Waals surface area contributed by atoms with E-state index in [0.717, 1.165) is 29.8 Å². The highest BCUT2D eigenvalue weighted by atomic mass is 16.2. The lowest BCUT2D eigenvalue weighted by molar-refractivity contribution is -0.885. The second kappa shape index (κ2) is 10.2. The zero-order chi connectivity index (χ0) is 19.0. The molecular formula is C20H34N3O2+. The zero-order valence-corrected chi connectivity index (χ0v) is 16.6. The Morgan fingerprint density at radius 1 is 1.08 bits per heavy atom. The van der Waals surface area contributed by atoms with Crippen molar-refractivity contribution < 1.29 is 14.5 Å². The number of carbonyl (C=O) groups is 2. The molecule has 0 saturated carbocycles. The van der Waals surface area contributed by atoms with Crippen molar-refractivity contribution in [1.29, 1.82) is 0 Å². The van der Waals surface area contributed by atoms with Crippen molar-refractivity contribution >= 4 is 11.8 Å². The minimum absolute atomic E-state index is 0.0832. The van der Waals surface area contributed by atoms with E-state index >= 15 is 0 Å². The van der Waals surface area contributed by atoms with Crippen LogP contribution in [0, 0.1) is 0 Å². The van der Waals surface area contributed by atoms with Gasteiger partial charge in [0.15, 0.2) is 6.54 Å². The summed E-state index contributed by atoms with van der Waals surface area (Å²) >= 11 is 0. The minimum Gasteiger partial charge on any atom is -0.355 e. The summed E-state index contributed by atoms with van der Waals surface area (Å²) in [5.41, 5.74) is 1.77. The Bertz CT molecular complexity index is 547. The number of rotatable bonds is 9. The third kappa shape index (κ3) is 6.16. The monoisotopic (exact) mass is 348 g/mol. The van der Waals surface area contributed by atoms with Gasteiger partial charge in [0, 0.05) is 30.3 Å². The summed E-state index contributed by atoms with van der Waals surface area (Å²) in [4.78, 5) is 27.6. The molecule has 0 spiro atoms. The van der Waals surface area contributed by atoms with E-state index in [4.69, 9.17) is 0 Å². The van der Waals surface area contributed by atoms with E-state index in [1.807, 2.05) is 36.2 Å². The van der Waals surface area contributed by atoms with Crippen LogP contribution in [0.25, 0.3) is 0 Å². The molecule has 0 heterocycles. The molecule has 0 bridgehead atoms. The standard InChI is InChI=1S/C20H33N3O2/c1-7-15(3)23(16(4)8-2)19(24)14-22(6)13-17-9-11-18(12-10-17)20(25)21-5/h9-12,15-16H,7-8,13-14H2,1-6H3,(H,21,25)/p+1/t15-,16+. The highest BCUT2D eigenvalue weighted by Crippen LogP contribution is 2.11. The maximum Gasteiger partial charge on any atom is 0.278 e. The van der Waals surface area contributed by atoms with E-state index in [1.165, 1.54) is 0 Å². The highest BCUT2D eigenvalue weighted by Gasteiger charge is 2.25. The molecule has 1 rings (SSSR count). The molecule has 25 heavy (non-hydrogen) atoms. The van der Waals surface area contributed by atoms with Crippen molar-refractivity contribution in [3.63, 3.8) is 0 Å². The molecule has 140 valence electrons. The summed E-state index contributed by atoms with van der Waals surface area (Å²) in [6.07, 6.45) is 1.94. The lowest BCUT2D eigenvalue weighted by Gasteiger charge is -2.34. The van der Waals surface area contributed by atoms with Gasteiger partial charge in [-0.15, -0.1) is 0 Å². The summed E-state index contributed by atoms with van der Waals surface area (Å²) in [5, 5.41) is 2.62. The summed E-state index contributed by atoms with van der Waals surface area (Å²) < 4.78 is 0. The topological polar surface area (TPSA) is 53.9 Å². The van der Waals surface area contributed by atoms with Gasteiger partial charge in [-0.05, 0) is 38.8 Å². The molecule has 2 amide bonds. The van der Waals surface area contributed by atoms with Crippen LogP contribution in [0.15, 0.2) is 24.3 Å². The van der Waals surface area contributed by atoms with Gasteiger partial charge in [0.05, 0.1) is 7.05 Å². The molecule has 2 N–H and O–H groups in total. The number of likely N-dealkylation sites (N-methyl/N-ethyl adjacent to an activating group) is 1. The molecule has 0 aliphatic heterocycles. The number of hydrogen-bond donors (Lipinski definition) is 2. The fourth-order valence-corrected chi connectivity index (χ4v) is 3.00. The first kappa shape index (κ1) is 21.2. The molecule has 5 nitrogen and oxygen atoms in total. The van der Waals surface area contributed by atoms with Gasteiger partial charge in [-0.1, -0.05) is 26.0 Å². The molecule has 1 aromatic rings. The maximum absolute atomic E-state index is 12.8. The van der Waals surface area contributed by atoms with Crippen molar-refractivity contribution in [3.8, 4) is 0 Å². The van der Waals surface area contributed by atoms with Crippen LogP contribution in [0.3, 0.4) is 0 Å². The van der Waals surface area contributed by atoms with Crippen LogP contribution in [0.2, 0.25) is 0 Å². The predicted octanol–water partition coefficient (Wildman–Crippen LogP) is 1.49. The molecule has 3 atom stereocenters. The molecule has 0 saturated heterocycles. The van der Waals surface area contributed by atoms with Gasteiger partial charge in [0.1, 0.15) is 6.54 Å². The Labute approximate surface area is 152 Å². The average Bonchev–Trinajstić information content (AvgIpc) is 2.61. The molecule has 0 aliphatic carbocycles. The molecule has 0 fully saturated rings. The average molecular weight is 349 g/mol. The second-order valence-electron chi connectivity index (χ2n) is 6.90. The summed E-state index contributed by atoms with van der Waals surface area (Å²) in [5.74, 6) is 0.128. The normalized spacial score (nSPS) is 14.5. The Kier molecular flexibility index (Phi) is 8.62. The second-order valence-corrected chi connectivity index (χ2v) is 6.90. The van der Waals surface area contributed by atoms with Crippen LogP contribution >= 0.6 is 0 Å². The Hall–Kier alpha value is -1.88. The number of nitrogens with one attached hydrogen (secondary N) is 2. The van der Waals surface area contributed by atoms with Gasteiger partial charge in [-0.2, -0.15) is 0 Å². The Balaban J connectivity index is 2.69. The number of benzene rings is 1. The molecular weight excluding hydrogens is 314 g/mol. The largest absolute Gasteiger partial charge is 0.355 e. The lowest BCUT2D eigenvalue weighted by atomic mass is 10.1. The van der Waals surface area contributed by atoms with Crippen LogP contribution in [-0.4, -0.2) is 49.4 Å². The van der Waals surface area contributed by atoms with Gasteiger partial charge in [0.2, 0.25) is 0 Å². The molecule has 1 unspecified atom stereocenters. The SMILES string of the molecule is CC[C@@H](C)N(C(=O)C[NH+](C)Cc1ccc(C(=O)NC)cc1)[C@@H](C)CC. The van der Waals surface area contributed by atoms with Gasteiger partial charge >= 0.3 is 0 Å². The first-order valence-electron chi connectivity index (χ1n) is 9.27. The van der Waals surface area contributed by atoms with Gasteiger partial charge in [-0.25, -0.2) is 0 Å². The van der Waals surface area contributed by atoms with E-state index in [2.05, 4.69) is 33.0 Å². The maximum atomic E-state index is 12.8. The van der Waals surface area contributed by atoms with E-state index < -0.39 is 0 Å². The zero-order valence-electron chi connectivity index (χ0n) is 16.6. The summed E-state index contributed by atoms with van der Waals surface area (Å²) in [6, 6.07) is 8.10. The quantitative estimate of drug-likeness (QED) is 0.710. The molecule has 0 aliphatic rings. The highest BCUT2D eigenvalue weighted by molar-refractivity contribution is 5.93. The van der Waals surface area contributed by atoms with Crippen LogP contribution in [0.4, 0.5) is 0 Å². The number of quaternary nitrogens is 1. The Morgan fingerprint density at radius 2 is 1.60 bits per heavy atom. The third-order valence-corrected chi connectivity index (χ3v) is 4.82. The smallest absolute Gasteiger partial charge is 0.278 e. The molecule has 1 aromatic carbocycles. The fourth-order valence-electron chi connectivity index (χ4n) is 3.00. The number of hydrogen-bond acceptors (Lipinski definition) is 2. The number of carbonyl (C=O) groups excluding carboxylic acids is 2. The van der Waals surface area contributed by atoms with Crippen LogP contribution in [-0.2, 0) is 11.3 Å².